The maximum absolute atomic E-state index is 12.0. The molecule has 0 heterocycles. The highest BCUT2D eigenvalue weighted by Crippen LogP contribution is 2.11. The molecule has 132 valence electrons. The molecule has 3 N–H and O–H groups in total. The molecule has 0 saturated carbocycles. The molecule has 0 unspecified atom stereocenters. The van der Waals surface area contributed by atoms with Crippen LogP contribution in [0, 0.1) is 0 Å². The van der Waals surface area contributed by atoms with Gasteiger partial charge < -0.3 is 14.6 Å². The van der Waals surface area contributed by atoms with Gasteiger partial charge in [0.2, 0.25) is 0 Å². The van der Waals surface area contributed by atoms with Crippen LogP contribution in [0.4, 0.5) is 0 Å². The Morgan fingerprint density at radius 1 is 1.00 bits per heavy atom. The fraction of sp³-hybridized carbons (Fsp3) is 0.222. The van der Waals surface area contributed by atoms with Crippen molar-refractivity contribution in [3.8, 4) is 11.5 Å². The molecule has 2 amide bonds. The molecule has 0 spiro atoms. The molecule has 0 bridgehead atoms. The Kier molecular flexibility index (Phi) is 6.94. The van der Waals surface area contributed by atoms with Crippen LogP contribution >= 0.6 is 0 Å². The number of nitrogens with two attached hydrogens (primary N) is 1. The molecule has 2 aromatic rings. The number of imide groups is 1. The number of carbonyl (C=O) groups is 2. The van der Waals surface area contributed by atoms with E-state index in [9.17, 15) is 14.7 Å². The third-order valence-electron chi connectivity index (χ3n) is 3.27. The van der Waals surface area contributed by atoms with E-state index < -0.39 is 11.8 Å². The summed E-state index contributed by atoms with van der Waals surface area (Å²) >= 11 is 0. The zero-order valence-electron chi connectivity index (χ0n) is 13.6. The molecule has 25 heavy (non-hydrogen) atoms. The average Bonchev–Trinajstić information content (AvgIpc) is 2.64. The van der Waals surface area contributed by atoms with Crippen LogP contribution in [0.25, 0.3) is 0 Å². The summed E-state index contributed by atoms with van der Waals surface area (Å²) in [4.78, 5) is 23.9. The van der Waals surface area contributed by atoms with Crippen molar-refractivity contribution in [2.75, 3.05) is 19.8 Å². The standard InChI is InChI=1S/C18H20N2O5/c19-20(18(23)14-7-9-15(21)10-8-14)17(22)13-24-11-4-12-25-16-5-2-1-3-6-16/h1-3,5-10,21H,4,11-13,19H2. The summed E-state index contributed by atoms with van der Waals surface area (Å²) in [6, 6.07) is 14.8. The number of benzene rings is 2. The normalized spacial score (nSPS) is 10.3. The molecule has 0 radical (unpaired) electrons. The van der Waals surface area contributed by atoms with E-state index in [1.165, 1.54) is 24.3 Å². The second kappa shape index (κ2) is 9.41. The van der Waals surface area contributed by atoms with E-state index in [0.717, 1.165) is 5.75 Å². The average molecular weight is 344 g/mol. The van der Waals surface area contributed by atoms with Gasteiger partial charge in [0, 0.05) is 12.0 Å². The van der Waals surface area contributed by atoms with Gasteiger partial charge in [0.15, 0.2) is 0 Å². The molecule has 0 atom stereocenters. The quantitative estimate of drug-likeness (QED) is 0.327. The van der Waals surface area contributed by atoms with Gasteiger partial charge in [-0.1, -0.05) is 18.2 Å². The van der Waals surface area contributed by atoms with Gasteiger partial charge in [0.25, 0.3) is 11.8 Å². The van der Waals surface area contributed by atoms with Gasteiger partial charge in [-0.25, -0.2) is 10.9 Å². The van der Waals surface area contributed by atoms with Crippen molar-refractivity contribution in [2.45, 2.75) is 6.42 Å². The number of para-hydroxylation sites is 1. The van der Waals surface area contributed by atoms with Crippen LogP contribution < -0.4 is 10.6 Å². The number of rotatable bonds is 8. The maximum atomic E-state index is 12.0. The number of nitrogens with zero attached hydrogens (tertiary/aromatic N) is 1. The molecule has 0 aliphatic carbocycles. The van der Waals surface area contributed by atoms with Crippen LogP contribution in [0.5, 0.6) is 11.5 Å². The zero-order chi connectivity index (χ0) is 18.1. The number of hydrogen-bond donors (Lipinski definition) is 2. The van der Waals surface area contributed by atoms with Gasteiger partial charge in [0.1, 0.15) is 18.1 Å². The second-order valence-corrected chi connectivity index (χ2v) is 5.18. The molecular formula is C18H20N2O5. The molecule has 0 aromatic heterocycles. The monoisotopic (exact) mass is 344 g/mol. The number of phenolic OH excluding ortho intramolecular Hbond substituents is 1. The number of hydrogen-bond acceptors (Lipinski definition) is 6. The number of amides is 2. The molecule has 2 aromatic carbocycles. The minimum absolute atomic E-state index is 0.0208. The van der Waals surface area contributed by atoms with Gasteiger partial charge in [-0.3, -0.25) is 9.59 Å². The highest BCUT2D eigenvalue weighted by molar-refractivity contribution is 6.04. The molecular weight excluding hydrogens is 324 g/mol. The van der Waals surface area contributed by atoms with Crippen molar-refractivity contribution in [3.05, 3.63) is 60.2 Å². The summed E-state index contributed by atoms with van der Waals surface area (Å²) in [5.41, 5.74) is 0.199. The third kappa shape index (κ3) is 5.91. The lowest BCUT2D eigenvalue weighted by Gasteiger charge is -2.15. The van der Waals surface area contributed by atoms with Crippen molar-refractivity contribution >= 4 is 11.8 Å². The van der Waals surface area contributed by atoms with E-state index in [1.54, 1.807) is 0 Å². The van der Waals surface area contributed by atoms with Crippen molar-refractivity contribution in [1.29, 1.82) is 0 Å². The van der Waals surface area contributed by atoms with Crippen molar-refractivity contribution in [2.24, 2.45) is 5.84 Å². The van der Waals surface area contributed by atoms with Gasteiger partial charge in [-0.15, -0.1) is 0 Å². The lowest BCUT2D eigenvalue weighted by molar-refractivity contribution is -0.133. The molecule has 0 fully saturated rings. The Balaban J connectivity index is 1.65. The maximum Gasteiger partial charge on any atom is 0.274 e. The van der Waals surface area contributed by atoms with Gasteiger partial charge in [-0.05, 0) is 36.4 Å². The van der Waals surface area contributed by atoms with E-state index in [0.29, 0.717) is 24.6 Å². The Bertz CT molecular complexity index is 688. The lowest BCUT2D eigenvalue weighted by Crippen LogP contribution is -2.44. The third-order valence-corrected chi connectivity index (χ3v) is 3.27. The van der Waals surface area contributed by atoms with Crippen LogP contribution in [0.3, 0.4) is 0 Å². The van der Waals surface area contributed by atoms with Crippen LogP contribution in [0.1, 0.15) is 16.8 Å². The highest BCUT2D eigenvalue weighted by Gasteiger charge is 2.19. The van der Waals surface area contributed by atoms with E-state index >= 15 is 0 Å². The SMILES string of the molecule is NN(C(=O)COCCCOc1ccccc1)C(=O)c1ccc(O)cc1. The minimum atomic E-state index is -0.666. The van der Waals surface area contributed by atoms with Gasteiger partial charge in [0.05, 0.1) is 13.2 Å². The van der Waals surface area contributed by atoms with Gasteiger partial charge in [-0.2, -0.15) is 0 Å². The first-order chi connectivity index (χ1) is 12.1. The lowest BCUT2D eigenvalue weighted by atomic mass is 10.2. The summed E-state index contributed by atoms with van der Waals surface area (Å²) in [6.45, 7) is 0.461. The number of hydrazine groups is 1. The summed E-state index contributed by atoms with van der Waals surface area (Å²) in [6.07, 6.45) is 0.596. The van der Waals surface area contributed by atoms with E-state index in [-0.39, 0.29) is 17.9 Å². The van der Waals surface area contributed by atoms with E-state index in [2.05, 4.69) is 0 Å². The van der Waals surface area contributed by atoms with E-state index in [1.807, 2.05) is 30.3 Å². The summed E-state index contributed by atoms with van der Waals surface area (Å²) in [5, 5.41) is 9.70. The molecule has 0 saturated heterocycles. The van der Waals surface area contributed by atoms with Crippen molar-refractivity contribution in [3.63, 3.8) is 0 Å². The Morgan fingerprint density at radius 3 is 2.36 bits per heavy atom. The summed E-state index contributed by atoms with van der Waals surface area (Å²) in [7, 11) is 0. The predicted molar refractivity (Wildman–Crippen MR) is 90.8 cm³/mol. The molecule has 7 heteroatoms. The zero-order valence-corrected chi connectivity index (χ0v) is 13.6. The van der Waals surface area contributed by atoms with Crippen LogP contribution in [-0.4, -0.2) is 41.8 Å². The second-order valence-electron chi connectivity index (χ2n) is 5.18. The fourth-order valence-electron chi connectivity index (χ4n) is 1.95. The number of phenols is 1. The first-order valence-electron chi connectivity index (χ1n) is 7.74. The Labute approximate surface area is 145 Å². The Hall–Kier alpha value is -2.90. The first-order valence-corrected chi connectivity index (χ1v) is 7.74. The van der Waals surface area contributed by atoms with E-state index in [4.69, 9.17) is 15.3 Å². The smallest absolute Gasteiger partial charge is 0.274 e. The molecule has 0 aliphatic rings. The van der Waals surface area contributed by atoms with Crippen LogP contribution in [0.2, 0.25) is 0 Å². The molecule has 7 nitrogen and oxygen atoms in total. The number of ether oxygens (including phenoxy) is 2. The summed E-state index contributed by atoms with van der Waals surface area (Å²) < 4.78 is 10.7. The number of aromatic hydroxyl groups is 1. The fourth-order valence-corrected chi connectivity index (χ4v) is 1.95. The number of carbonyl (C=O) groups excluding carboxylic acids is 2. The Morgan fingerprint density at radius 2 is 1.68 bits per heavy atom. The van der Waals surface area contributed by atoms with Gasteiger partial charge >= 0.3 is 0 Å². The van der Waals surface area contributed by atoms with Crippen molar-refractivity contribution < 1.29 is 24.2 Å². The van der Waals surface area contributed by atoms with Crippen molar-refractivity contribution in [1.82, 2.24) is 5.01 Å². The minimum Gasteiger partial charge on any atom is -0.508 e. The van der Waals surface area contributed by atoms with Crippen LogP contribution in [0.15, 0.2) is 54.6 Å². The highest BCUT2D eigenvalue weighted by atomic mass is 16.5. The molecule has 2 rings (SSSR count). The summed E-state index contributed by atoms with van der Waals surface area (Å²) in [5.74, 6) is 4.99. The largest absolute Gasteiger partial charge is 0.508 e. The molecule has 0 aliphatic heterocycles. The first kappa shape index (κ1) is 18.4. The predicted octanol–water partition coefficient (Wildman–Crippen LogP) is 1.72. The van der Waals surface area contributed by atoms with Crippen LogP contribution in [-0.2, 0) is 9.53 Å². The topological polar surface area (TPSA) is 102 Å².